The minimum absolute atomic E-state index is 0.0421. The monoisotopic (exact) mass is 469 g/mol. The molecular formula is C23H20ClN3O4S. The van der Waals surface area contributed by atoms with Crippen molar-refractivity contribution in [3.63, 3.8) is 0 Å². The highest BCUT2D eigenvalue weighted by Crippen LogP contribution is 2.37. The number of ether oxygens (including phenoxy) is 2. The molecule has 32 heavy (non-hydrogen) atoms. The summed E-state index contributed by atoms with van der Waals surface area (Å²) in [6.07, 6.45) is 0. The third kappa shape index (κ3) is 4.20. The first-order valence-corrected chi connectivity index (χ1v) is 11.4. The molecule has 0 aliphatic rings. The molecule has 3 aromatic carbocycles. The minimum Gasteiger partial charge on any atom is -0.497 e. The molecule has 164 valence electrons. The molecule has 1 aromatic heterocycles. The van der Waals surface area contributed by atoms with Gasteiger partial charge >= 0.3 is 0 Å². The summed E-state index contributed by atoms with van der Waals surface area (Å²) in [6, 6.07) is 20.9. The number of benzene rings is 3. The lowest BCUT2D eigenvalue weighted by Gasteiger charge is -2.14. The number of nitrogens with zero attached hydrogens (tertiary/aromatic N) is 2. The summed E-state index contributed by atoms with van der Waals surface area (Å²) >= 11 is 6.03. The Kier molecular flexibility index (Phi) is 5.92. The Labute approximate surface area is 191 Å². The van der Waals surface area contributed by atoms with Crippen LogP contribution in [0.5, 0.6) is 11.5 Å². The van der Waals surface area contributed by atoms with Crippen LogP contribution in [0.2, 0.25) is 5.02 Å². The van der Waals surface area contributed by atoms with Crippen molar-refractivity contribution in [1.29, 1.82) is 0 Å². The van der Waals surface area contributed by atoms with Crippen molar-refractivity contribution in [2.45, 2.75) is 4.90 Å². The Morgan fingerprint density at radius 2 is 1.66 bits per heavy atom. The molecular weight excluding hydrogens is 450 g/mol. The summed E-state index contributed by atoms with van der Waals surface area (Å²) in [5.74, 6) is 1.17. The number of hydrogen-bond donors (Lipinski definition) is 1. The van der Waals surface area contributed by atoms with Gasteiger partial charge in [-0.25, -0.2) is 18.2 Å². The summed E-state index contributed by atoms with van der Waals surface area (Å²) < 4.78 is 37.0. The van der Waals surface area contributed by atoms with Crippen LogP contribution < -0.4 is 14.6 Å². The van der Waals surface area contributed by atoms with Crippen molar-refractivity contribution in [2.24, 2.45) is 5.14 Å². The maximum Gasteiger partial charge on any atom is 0.240 e. The SMILES string of the molecule is COc1ccc(-c2cc(-c3ccc(Cl)cc3)nn2-c2ccccc2S(N)(=O)=O)c(OC)c1. The van der Waals surface area contributed by atoms with Gasteiger partial charge in [-0.15, -0.1) is 0 Å². The lowest BCUT2D eigenvalue weighted by molar-refractivity contribution is 0.395. The van der Waals surface area contributed by atoms with Gasteiger partial charge in [0.1, 0.15) is 16.4 Å². The third-order valence-corrected chi connectivity index (χ3v) is 6.14. The molecule has 0 aliphatic carbocycles. The van der Waals surface area contributed by atoms with Gasteiger partial charge in [0.05, 0.1) is 31.3 Å². The van der Waals surface area contributed by atoms with Crippen LogP contribution in [0.25, 0.3) is 28.2 Å². The second kappa shape index (κ2) is 8.66. The Bertz CT molecular complexity index is 1380. The largest absolute Gasteiger partial charge is 0.497 e. The topological polar surface area (TPSA) is 96.4 Å². The van der Waals surface area contributed by atoms with Crippen LogP contribution in [-0.4, -0.2) is 32.4 Å². The zero-order chi connectivity index (χ0) is 22.9. The van der Waals surface area contributed by atoms with Crippen LogP contribution in [0.4, 0.5) is 0 Å². The van der Waals surface area contributed by atoms with Gasteiger partial charge in [0, 0.05) is 22.2 Å². The zero-order valence-electron chi connectivity index (χ0n) is 17.3. The molecule has 0 unspecified atom stereocenters. The normalized spacial score (nSPS) is 11.4. The predicted octanol–water partition coefficient (Wildman–Crippen LogP) is 4.52. The van der Waals surface area contributed by atoms with E-state index in [1.54, 1.807) is 61.4 Å². The van der Waals surface area contributed by atoms with Crippen LogP contribution >= 0.6 is 11.6 Å². The molecule has 0 bridgehead atoms. The van der Waals surface area contributed by atoms with Crippen LogP contribution in [0.3, 0.4) is 0 Å². The number of rotatable bonds is 6. The molecule has 1 heterocycles. The maximum absolute atomic E-state index is 12.3. The maximum atomic E-state index is 12.3. The molecule has 9 heteroatoms. The van der Waals surface area contributed by atoms with E-state index in [0.29, 0.717) is 39.2 Å². The quantitative estimate of drug-likeness (QED) is 0.447. The summed E-state index contributed by atoms with van der Waals surface area (Å²) in [4.78, 5) is -0.0421. The zero-order valence-corrected chi connectivity index (χ0v) is 18.9. The molecule has 7 nitrogen and oxygen atoms in total. The number of hydrogen-bond acceptors (Lipinski definition) is 5. The van der Waals surface area contributed by atoms with Gasteiger partial charge < -0.3 is 9.47 Å². The first-order valence-electron chi connectivity index (χ1n) is 9.52. The fraction of sp³-hybridized carbons (Fsp3) is 0.0870. The number of primary sulfonamides is 1. The molecule has 4 aromatic rings. The summed E-state index contributed by atoms with van der Waals surface area (Å²) in [5, 5.41) is 10.8. The number of para-hydroxylation sites is 1. The second-order valence-electron chi connectivity index (χ2n) is 6.91. The van der Waals surface area contributed by atoms with Crippen LogP contribution in [0.15, 0.2) is 77.7 Å². The van der Waals surface area contributed by atoms with Crippen molar-refractivity contribution in [1.82, 2.24) is 9.78 Å². The van der Waals surface area contributed by atoms with Crippen molar-refractivity contribution in [2.75, 3.05) is 14.2 Å². The van der Waals surface area contributed by atoms with Gasteiger partial charge in [-0.2, -0.15) is 5.10 Å². The Morgan fingerprint density at radius 1 is 0.938 bits per heavy atom. The van der Waals surface area contributed by atoms with E-state index in [1.807, 2.05) is 24.3 Å². The number of sulfonamides is 1. The van der Waals surface area contributed by atoms with Crippen LogP contribution in [0.1, 0.15) is 0 Å². The molecule has 0 aliphatic heterocycles. The molecule has 2 N–H and O–H groups in total. The van der Waals surface area contributed by atoms with Crippen LogP contribution in [0, 0.1) is 0 Å². The van der Waals surface area contributed by atoms with Crippen molar-refractivity contribution < 1.29 is 17.9 Å². The third-order valence-electron chi connectivity index (χ3n) is 4.93. The first-order chi connectivity index (χ1) is 15.3. The second-order valence-corrected chi connectivity index (χ2v) is 8.88. The van der Waals surface area contributed by atoms with Crippen molar-refractivity contribution in [3.05, 3.63) is 77.8 Å². The van der Waals surface area contributed by atoms with Crippen LogP contribution in [-0.2, 0) is 10.0 Å². The molecule has 0 saturated carbocycles. The molecule has 0 fully saturated rings. The van der Waals surface area contributed by atoms with Gasteiger partial charge in [0.2, 0.25) is 10.0 Å². The van der Waals surface area contributed by atoms with Gasteiger partial charge in [-0.05, 0) is 42.5 Å². The van der Waals surface area contributed by atoms with Gasteiger partial charge in [-0.3, -0.25) is 0 Å². The smallest absolute Gasteiger partial charge is 0.240 e. The van der Waals surface area contributed by atoms with E-state index in [9.17, 15) is 8.42 Å². The molecule has 0 radical (unpaired) electrons. The van der Waals surface area contributed by atoms with E-state index in [0.717, 1.165) is 5.56 Å². The lowest BCUT2D eigenvalue weighted by atomic mass is 10.1. The minimum atomic E-state index is -4.00. The van der Waals surface area contributed by atoms with Gasteiger partial charge in [-0.1, -0.05) is 35.9 Å². The highest BCUT2D eigenvalue weighted by atomic mass is 35.5. The average molecular weight is 470 g/mol. The number of aromatic nitrogens is 2. The summed E-state index contributed by atoms with van der Waals surface area (Å²) in [6.45, 7) is 0. The first kappa shape index (κ1) is 21.9. The van der Waals surface area contributed by atoms with Crippen molar-refractivity contribution >= 4 is 21.6 Å². The predicted molar refractivity (Wildman–Crippen MR) is 124 cm³/mol. The Balaban J connectivity index is 2.01. The molecule has 4 rings (SSSR count). The van der Waals surface area contributed by atoms with E-state index in [1.165, 1.54) is 6.07 Å². The van der Waals surface area contributed by atoms with E-state index in [4.69, 9.17) is 31.3 Å². The molecule has 0 spiro atoms. The Morgan fingerprint density at radius 3 is 2.31 bits per heavy atom. The fourth-order valence-electron chi connectivity index (χ4n) is 3.40. The Hall–Kier alpha value is -3.33. The summed E-state index contributed by atoms with van der Waals surface area (Å²) in [7, 11) is -0.875. The number of nitrogens with two attached hydrogens (primary N) is 1. The molecule has 0 amide bonds. The number of methoxy groups -OCH3 is 2. The molecule has 0 atom stereocenters. The van der Waals surface area contributed by atoms with Crippen molar-refractivity contribution in [3.8, 4) is 39.7 Å². The fourth-order valence-corrected chi connectivity index (χ4v) is 4.24. The lowest BCUT2D eigenvalue weighted by Crippen LogP contribution is -2.16. The molecule has 0 saturated heterocycles. The highest BCUT2D eigenvalue weighted by Gasteiger charge is 2.22. The van der Waals surface area contributed by atoms with E-state index in [2.05, 4.69) is 0 Å². The van der Waals surface area contributed by atoms with Gasteiger partial charge in [0.25, 0.3) is 0 Å². The van der Waals surface area contributed by atoms with E-state index >= 15 is 0 Å². The van der Waals surface area contributed by atoms with Gasteiger partial charge in [0.15, 0.2) is 0 Å². The number of halogens is 1. The van der Waals surface area contributed by atoms with E-state index in [-0.39, 0.29) is 4.90 Å². The highest BCUT2D eigenvalue weighted by molar-refractivity contribution is 7.89. The summed E-state index contributed by atoms with van der Waals surface area (Å²) in [5.41, 5.74) is 3.08. The standard InChI is InChI=1S/C23H20ClN3O4S/c1-30-17-11-12-18(22(13-17)31-2)21-14-19(15-7-9-16(24)10-8-15)26-27(21)20-5-3-4-6-23(20)32(25,28)29/h3-14H,1-2H3,(H2,25,28,29). The average Bonchev–Trinajstić information content (AvgIpc) is 3.23. The van der Waals surface area contributed by atoms with E-state index < -0.39 is 10.0 Å².